The molecular weight excluding hydrogens is 933 g/mol. The summed E-state index contributed by atoms with van der Waals surface area (Å²) >= 11 is 0. The number of aliphatic hydroxyl groups excluding tert-OH is 1. The molecule has 0 aromatic heterocycles. The van der Waals surface area contributed by atoms with Crippen LogP contribution < -0.4 is 5.73 Å². The van der Waals surface area contributed by atoms with Gasteiger partial charge in [-0.25, -0.2) is 4.79 Å². The highest BCUT2D eigenvalue weighted by Crippen LogP contribution is 2.38. The molecule has 410 valence electrons. The van der Waals surface area contributed by atoms with Crippen LogP contribution in [0.15, 0.2) is 47.6 Å². The number of hydrogen-bond acceptors (Lipinski definition) is 14. The molecule has 4 aliphatic rings. The van der Waals surface area contributed by atoms with Gasteiger partial charge in [0.15, 0.2) is 5.78 Å². The number of Topliss-reactive ketones (excluding diaryl/α,β-unsaturated/α-hetero) is 3. The number of ether oxygens (including phenoxy) is 6. The Morgan fingerprint density at radius 3 is 2.30 bits per heavy atom. The molecule has 0 radical (unpaired) electrons. The van der Waals surface area contributed by atoms with Crippen molar-refractivity contribution >= 4 is 29.2 Å². The number of methoxy groups -OCH3 is 3. The largest absolute Gasteiger partial charge is 0.459 e. The minimum absolute atomic E-state index is 0.00628. The highest BCUT2D eigenvalue weighted by Gasteiger charge is 2.53. The Kier molecular flexibility index (Phi) is 24.4. The molecule has 73 heavy (non-hydrogen) atoms. The van der Waals surface area contributed by atoms with Gasteiger partial charge in [0, 0.05) is 77.5 Å². The minimum atomic E-state index is -2.45. The van der Waals surface area contributed by atoms with Crippen molar-refractivity contribution in [3.8, 4) is 12.3 Å². The second-order valence-electron chi connectivity index (χ2n) is 22.4. The third-order valence-electron chi connectivity index (χ3n) is 15.9. The Hall–Kier alpha value is -3.85. The van der Waals surface area contributed by atoms with Crippen LogP contribution >= 0.6 is 0 Å². The number of terminal acetylenes is 1. The summed E-state index contributed by atoms with van der Waals surface area (Å²) in [5, 5.41) is 23.5. The van der Waals surface area contributed by atoms with Gasteiger partial charge in [-0.2, -0.15) is 0 Å². The van der Waals surface area contributed by atoms with E-state index in [0.717, 1.165) is 18.4 Å². The van der Waals surface area contributed by atoms with Crippen LogP contribution in [-0.2, 0) is 52.4 Å². The predicted octanol–water partition coefficient (Wildman–Crippen LogP) is 7.34. The first-order valence-corrected chi connectivity index (χ1v) is 26.8. The van der Waals surface area contributed by atoms with E-state index in [1.807, 2.05) is 51.2 Å². The lowest BCUT2D eigenvalue weighted by molar-refractivity contribution is -0.265. The summed E-state index contributed by atoms with van der Waals surface area (Å²) in [6.07, 6.45) is 18.2. The topological polar surface area (TPSA) is 210 Å². The Bertz CT molecular complexity index is 2020. The number of esters is 1. The summed E-state index contributed by atoms with van der Waals surface area (Å²) in [5.74, 6) is -5.28. The Morgan fingerprint density at radius 1 is 0.904 bits per heavy atom. The molecule has 3 fully saturated rings. The van der Waals surface area contributed by atoms with Crippen LogP contribution in [0.2, 0.25) is 0 Å². The molecule has 4 rings (SSSR count). The quantitative estimate of drug-likeness (QED) is 0.0801. The molecule has 2 bridgehead atoms. The van der Waals surface area contributed by atoms with Crippen molar-refractivity contribution < 1.29 is 62.6 Å². The van der Waals surface area contributed by atoms with Crippen molar-refractivity contribution in [2.75, 3.05) is 34.5 Å². The molecule has 15 heteroatoms. The molecule has 1 saturated carbocycles. The van der Waals surface area contributed by atoms with Crippen LogP contribution in [0, 0.1) is 47.3 Å². The van der Waals surface area contributed by atoms with E-state index < -0.39 is 83.8 Å². The van der Waals surface area contributed by atoms with Crippen LogP contribution in [0.25, 0.3) is 0 Å². The summed E-state index contributed by atoms with van der Waals surface area (Å²) in [6.45, 7) is 15.5. The molecule has 0 aromatic carbocycles. The highest BCUT2D eigenvalue weighted by atomic mass is 16.6. The normalized spacial score (nSPS) is 37.4. The van der Waals surface area contributed by atoms with E-state index in [9.17, 15) is 34.2 Å². The number of aliphatic hydroxyl groups is 2. The number of carbonyl (C=O) groups excluding carboxylic acids is 5. The standard InChI is InChI=1S/C58H90N2O13/c1-13-26-57(8,9)27-29-71-47-25-23-42(33-50(47)69-11)32-44(59)49-35-46(61)38(4)31-40(6)52(63)53(70-12)51(62)39(5)30-36(2)19-15-14-16-20-37(3)48(68-10)34-43-24-22-41(7)58(67,73-43)54(64)55(65)60-28-18-17-21-45(60)56(66)72-49/h1,14-16,19-20,31,36,38-39,41-45,47-50,52-53,63,67H,17-18,21-30,32-35,59H2,2-12H3/b16-14+,19-15+,37-20+,40-31+/t36-,38-,39-,41-,42+,43+,44-,45+,47-,48+,49+,50-,52-,53+,58-/m1/s1. The summed E-state index contributed by atoms with van der Waals surface area (Å²) < 4.78 is 36.2. The number of rotatable bonds is 11. The zero-order chi connectivity index (χ0) is 54.2. The molecule has 0 spiro atoms. The van der Waals surface area contributed by atoms with Crippen molar-refractivity contribution in [2.45, 2.75) is 206 Å². The van der Waals surface area contributed by atoms with Gasteiger partial charge in [-0.15, -0.1) is 12.3 Å². The van der Waals surface area contributed by atoms with Gasteiger partial charge in [0.2, 0.25) is 5.79 Å². The van der Waals surface area contributed by atoms with Gasteiger partial charge >= 0.3 is 5.97 Å². The molecule has 0 unspecified atom stereocenters. The molecule has 0 aromatic rings. The number of piperidine rings is 1. The van der Waals surface area contributed by atoms with Crippen LogP contribution in [-0.4, -0.2) is 139 Å². The Morgan fingerprint density at radius 2 is 1.63 bits per heavy atom. The smallest absolute Gasteiger partial charge is 0.329 e. The maximum absolute atomic E-state index is 14.5. The van der Waals surface area contributed by atoms with Crippen molar-refractivity contribution in [3.05, 3.63) is 47.6 Å². The van der Waals surface area contributed by atoms with E-state index in [1.165, 1.54) is 12.0 Å². The Labute approximate surface area is 436 Å². The lowest BCUT2D eigenvalue weighted by Crippen LogP contribution is -2.61. The summed E-state index contributed by atoms with van der Waals surface area (Å²) in [6, 6.07) is -2.02. The number of fused-ring (bicyclic) bond motifs is 3. The number of cyclic esters (lactones) is 1. The molecule has 1 amide bonds. The molecule has 1 aliphatic carbocycles. The number of carbonyl (C=O) groups is 5. The monoisotopic (exact) mass is 1020 g/mol. The van der Waals surface area contributed by atoms with Gasteiger partial charge in [-0.05, 0) is 113 Å². The molecule has 4 N–H and O–H groups in total. The number of nitrogens with zero attached hydrogens (tertiary/aromatic N) is 1. The van der Waals surface area contributed by atoms with E-state index in [1.54, 1.807) is 41.1 Å². The van der Waals surface area contributed by atoms with Gasteiger partial charge in [0.1, 0.15) is 30.1 Å². The third kappa shape index (κ3) is 17.3. The Balaban J connectivity index is 1.67. The second-order valence-corrected chi connectivity index (χ2v) is 22.4. The van der Waals surface area contributed by atoms with Crippen molar-refractivity contribution in [1.82, 2.24) is 4.90 Å². The lowest BCUT2D eigenvalue weighted by atomic mass is 9.80. The summed E-state index contributed by atoms with van der Waals surface area (Å²) in [7, 11) is 4.60. The van der Waals surface area contributed by atoms with E-state index in [2.05, 4.69) is 19.8 Å². The number of nitrogens with two attached hydrogens (primary N) is 1. The predicted molar refractivity (Wildman–Crippen MR) is 280 cm³/mol. The number of hydrogen-bond donors (Lipinski definition) is 3. The van der Waals surface area contributed by atoms with E-state index in [4.69, 9.17) is 40.6 Å². The van der Waals surface area contributed by atoms with Gasteiger partial charge in [-0.3, -0.25) is 19.2 Å². The van der Waals surface area contributed by atoms with E-state index in [0.29, 0.717) is 76.4 Å². The SMILES string of the molecule is C#CCC(C)(C)CCO[C@@H]1CC[C@@H](C[C@@H](N)[C@@H]2CC(=O)[C@H](C)/C=C(\C)[C@@H](O)[C@@H](OC)C(=O)[C@H](C)C[C@H](C)/C=C/C=C/C=C(\C)[C@@H](OC)C[C@@H]3CC[C@@H](C)[C@@](O)(O3)C(=O)C(=O)N3CCCC[C@H]3C(=O)O2)C[C@H]1OC. The molecule has 3 aliphatic heterocycles. The van der Waals surface area contributed by atoms with Gasteiger partial charge in [-0.1, -0.05) is 78.0 Å². The van der Waals surface area contributed by atoms with E-state index in [-0.39, 0.29) is 60.4 Å². The zero-order valence-corrected chi connectivity index (χ0v) is 45.8. The van der Waals surface area contributed by atoms with Crippen LogP contribution in [0.5, 0.6) is 0 Å². The second kappa shape index (κ2) is 28.9. The average Bonchev–Trinajstić information content (AvgIpc) is 3.35. The highest BCUT2D eigenvalue weighted by molar-refractivity contribution is 6.39. The molecule has 2 saturated heterocycles. The van der Waals surface area contributed by atoms with Gasteiger partial charge in [0.05, 0.1) is 24.4 Å². The number of allylic oxidation sites excluding steroid dienone is 6. The van der Waals surface area contributed by atoms with Crippen molar-refractivity contribution in [1.29, 1.82) is 0 Å². The summed E-state index contributed by atoms with van der Waals surface area (Å²) in [4.78, 5) is 72.4. The summed E-state index contributed by atoms with van der Waals surface area (Å²) in [5.41, 5.74) is 8.18. The maximum atomic E-state index is 14.5. The van der Waals surface area contributed by atoms with Gasteiger partial charge in [0.25, 0.3) is 11.7 Å². The van der Waals surface area contributed by atoms with Crippen LogP contribution in [0.3, 0.4) is 0 Å². The number of amides is 1. The zero-order valence-electron chi connectivity index (χ0n) is 45.8. The van der Waals surface area contributed by atoms with E-state index >= 15 is 0 Å². The average molecular weight is 1020 g/mol. The fourth-order valence-electron chi connectivity index (χ4n) is 10.9. The van der Waals surface area contributed by atoms with Gasteiger partial charge < -0.3 is 49.3 Å². The molecule has 15 nitrogen and oxygen atoms in total. The third-order valence-corrected chi connectivity index (χ3v) is 15.9. The first kappa shape index (κ1) is 61.7. The maximum Gasteiger partial charge on any atom is 0.329 e. The van der Waals surface area contributed by atoms with Crippen LogP contribution in [0.1, 0.15) is 145 Å². The first-order chi connectivity index (χ1) is 34.5. The fraction of sp³-hybridized carbons (Fsp3) is 0.741. The first-order valence-electron chi connectivity index (χ1n) is 26.8. The molecule has 3 heterocycles. The molecular formula is C58H90N2O13. The van der Waals surface area contributed by atoms with Crippen molar-refractivity contribution in [3.63, 3.8) is 0 Å². The van der Waals surface area contributed by atoms with Crippen molar-refractivity contribution in [2.24, 2.45) is 40.7 Å². The fourth-order valence-corrected chi connectivity index (χ4v) is 10.9. The molecule has 15 atom stereocenters. The van der Waals surface area contributed by atoms with Crippen LogP contribution in [0.4, 0.5) is 0 Å². The minimum Gasteiger partial charge on any atom is -0.459 e. The lowest BCUT2D eigenvalue weighted by Gasteiger charge is -2.42. The number of ketones is 3.